The average molecular weight is 438 g/mol. The molecule has 176 valence electrons. The van der Waals surface area contributed by atoms with Gasteiger partial charge in [-0.15, -0.1) is 0 Å². The first kappa shape index (κ1) is 24.2. The molecule has 3 heterocycles. The number of amides is 1. The molecule has 0 radical (unpaired) electrons. The van der Waals surface area contributed by atoms with Crippen LogP contribution in [-0.4, -0.2) is 67.8 Å². The highest BCUT2D eigenvalue weighted by Crippen LogP contribution is 2.28. The molecule has 1 aromatic rings. The number of carbonyl (C=O) groups excluding carboxylic acids is 1. The van der Waals surface area contributed by atoms with Crippen LogP contribution in [0.2, 0.25) is 0 Å². The number of ether oxygens (including phenoxy) is 3. The highest BCUT2D eigenvalue weighted by molar-refractivity contribution is 5.96. The fourth-order valence-electron chi connectivity index (χ4n) is 3.78. The van der Waals surface area contributed by atoms with E-state index >= 15 is 0 Å². The van der Waals surface area contributed by atoms with Gasteiger partial charge in [0, 0.05) is 31.3 Å². The number of likely N-dealkylation sites (N-methyl/N-ethyl adjacent to an activating group) is 1. The minimum atomic E-state index is -0.677. The molecule has 3 rings (SSSR count). The molecule has 31 heavy (non-hydrogen) atoms. The van der Waals surface area contributed by atoms with E-state index in [1.165, 1.54) is 0 Å². The van der Waals surface area contributed by atoms with Crippen molar-refractivity contribution >= 4 is 11.8 Å². The number of nitrogens with zero attached hydrogens (tertiary/aromatic N) is 2. The quantitative estimate of drug-likeness (QED) is 0.599. The Kier molecular flexibility index (Phi) is 8.13. The van der Waals surface area contributed by atoms with E-state index in [4.69, 9.17) is 18.7 Å². The van der Waals surface area contributed by atoms with Gasteiger partial charge in [0.2, 0.25) is 11.8 Å². The van der Waals surface area contributed by atoms with Crippen LogP contribution in [0.25, 0.3) is 0 Å². The van der Waals surface area contributed by atoms with Crippen LogP contribution in [0.3, 0.4) is 0 Å². The number of anilines is 1. The van der Waals surface area contributed by atoms with Crippen LogP contribution in [0.15, 0.2) is 10.6 Å². The Labute approximate surface area is 185 Å². The van der Waals surface area contributed by atoms with Crippen molar-refractivity contribution in [3.63, 3.8) is 0 Å². The third kappa shape index (κ3) is 6.51. The second-order valence-corrected chi connectivity index (χ2v) is 10.0. The lowest BCUT2D eigenvalue weighted by Crippen LogP contribution is -2.51. The van der Waals surface area contributed by atoms with E-state index < -0.39 is 5.54 Å². The largest absolute Gasteiger partial charge is 0.381 e. The molecule has 0 aromatic carbocycles. The molecular formula is C23H39N3O5. The fourth-order valence-corrected chi connectivity index (χ4v) is 3.78. The molecule has 8 nitrogen and oxygen atoms in total. The molecule has 0 spiro atoms. The predicted octanol–water partition coefficient (Wildman–Crippen LogP) is 3.57. The molecule has 2 saturated heterocycles. The summed E-state index contributed by atoms with van der Waals surface area (Å²) in [6.07, 6.45) is 5.13. The Balaban J connectivity index is 1.51. The van der Waals surface area contributed by atoms with Gasteiger partial charge in [-0.1, -0.05) is 19.0 Å². The van der Waals surface area contributed by atoms with E-state index in [0.717, 1.165) is 64.2 Å². The standard InChI is InChI=1S/C23H39N3O5/c1-22(2,16-30-20-8-6-7-12-29-20)18-14-19(31-25-18)24-21(27)23(3,4)26(5)11-9-17-10-13-28-15-17/h14,17,20H,6-13,15-16H2,1-5H3,(H,24,27)/t17-,20?/m0/s1. The molecule has 2 atom stereocenters. The number of hydrogen-bond acceptors (Lipinski definition) is 7. The summed E-state index contributed by atoms with van der Waals surface area (Å²) in [7, 11) is 1.98. The highest BCUT2D eigenvalue weighted by atomic mass is 16.7. The Morgan fingerprint density at radius 3 is 2.74 bits per heavy atom. The highest BCUT2D eigenvalue weighted by Gasteiger charge is 2.34. The molecule has 2 fully saturated rings. The van der Waals surface area contributed by atoms with Crippen molar-refractivity contribution in [3.8, 4) is 0 Å². The fraction of sp³-hybridized carbons (Fsp3) is 0.826. The maximum atomic E-state index is 13.0. The van der Waals surface area contributed by atoms with E-state index in [9.17, 15) is 4.79 Å². The number of aromatic nitrogens is 1. The lowest BCUT2D eigenvalue weighted by molar-refractivity contribution is -0.170. The zero-order chi connectivity index (χ0) is 22.5. The zero-order valence-electron chi connectivity index (χ0n) is 19.7. The van der Waals surface area contributed by atoms with Crippen molar-refractivity contribution in [2.75, 3.05) is 45.3 Å². The average Bonchev–Trinajstić information content (AvgIpc) is 3.43. The minimum Gasteiger partial charge on any atom is -0.381 e. The first-order valence-electron chi connectivity index (χ1n) is 11.5. The first-order chi connectivity index (χ1) is 14.7. The Morgan fingerprint density at radius 1 is 1.26 bits per heavy atom. The van der Waals surface area contributed by atoms with Gasteiger partial charge in [-0.2, -0.15) is 0 Å². The molecule has 1 amide bonds. The Hall–Kier alpha value is -1.48. The van der Waals surface area contributed by atoms with Gasteiger partial charge >= 0.3 is 0 Å². The molecule has 1 unspecified atom stereocenters. The van der Waals surface area contributed by atoms with Gasteiger partial charge in [0.15, 0.2) is 6.29 Å². The van der Waals surface area contributed by atoms with Crippen LogP contribution in [-0.2, 0) is 24.4 Å². The summed E-state index contributed by atoms with van der Waals surface area (Å²) in [5.74, 6) is 0.819. The van der Waals surface area contributed by atoms with Gasteiger partial charge < -0.3 is 18.7 Å². The summed E-state index contributed by atoms with van der Waals surface area (Å²) < 4.78 is 22.5. The second kappa shape index (κ2) is 10.4. The van der Waals surface area contributed by atoms with Gasteiger partial charge in [-0.25, -0.2) is 0 Å². The SMILES string of the molecule is CN(CC[C@H]1CCOC1)C(C)(C)C(=O)Nc1cc(C(C)(C)COC2CCCCO2)no1. The van der Waals surface area contributed by atoms with E-state index in [2.05, 4.69) is 15.4 Å². The van der Waals surface area contributed by atoms with E-state index in [-0.39, 0.29) is 17.6 Å². The summed E-state index contributed by atoms with van der Waals surface area (Å²) in [6.45, 7) is 11.7. The number of rotatable bonds is 10. The molecule has 1 N–H and O–H groups in total. The third-order valence-corrected chi connectivity index (χ3v) is 6.61. The normalized spacial score (nSPS) is 22.8. The van der Waals surface area contributed by atoms with Crippen LogP contribution in [0.1, 0.15) is 65.5 Å². The van der Waals surface area contributed by atoms with E-state index in [1.807, 2.05) is 34.7 Å². The van der Waals surface area contributed by atoms with Gasteiger partial charge in [0.05, 0.1) is 17.8 Å². The molecule has 8 heteroatoms. The Morgan fingerprint density at radius 2 is 2.06 bits per heavy atom. The first-order valence-corrected chi connectivity index (χ1v) is 11.5. The molecule has 0 aliphatic carbocycles. The molecule has 1 aromatic heterocycles. The summed E-state index contributed by atoms with van der Waals surface area (Å²) in [5.41, 5.74) is -0.294. The summed E-state index contributed by atoms with van der Waals surface area (Å²) in [5, 5.41) is 7.07. The molecular weight excluding hydrogens is 398 g/mol. The van der Waals surface area contributed by atoms with E-state index in [1.54, 1.807) is 6.07 Å². The molecule has 2 aliphatic heterocycles. The van der Waals surface area contributed by atoms with Crippen molar-refractivity contribution in [1.82, 2.24) is 10.1 Å². The van der Waals surface area contributed by atoms with Crippen molar-refractivity contribution < 1.29 is 23.5 Å². The summed E-state index contributed by atoms with van der Waals surface area (Å²) in [4.78, 5) is 15.0. The van der Waals surface area contributed by atoms with Crippen molar-refractivity contribution in [3.05, 3.63) is 11.8 Å². The monoisotopic (exact) mass is 437 g/mol. The summed E-state index contributed by atoms with van der Waals surface area (Å²) >= 11 is 0. The maximum Gasteiger partial charge on any atom is 0.246 e. The number of hydrogen-bond donors (Lipinski definition) is 1. The minimum absolute atomic E-state index is 0.120. The Bertz CT molecular complexity index is 706. The third-order valence-electron chi connectivity index (χ3n) is 6.61. The van der Waals surface area contributed by atoms with Crippen LogP contribution in [0, 0.1) is 5.92 Å². The second-order valence-electron chi connectivity index (χ2n) is 10.0. The smallest absolute Gasteiger partial charge is 0.246 e. The lowest BCUT2D eigenvalue weighted by Gasteiger charge is -2.34. The van der Waals surface area contributed by atoms with Crippen LogP contribution in [0.4, 0.5) is 5.88 Å². The van der Waals surface area contributed by atoms with Gasteiger partial charge in [-0.3, -0.25) is 15.0 Å². The molecule has 2 aliphatic rings. The van der Waals surface area contributed by atoms with Crippen LogP contribution < -0.4 is 5.32 Å². The maximum absolute atomic E-state index is 13.0. The van der Waals surface area contributed by atoms with Gasteiger partial charge in [0.25, 0.3) is 0 Å². The van der Waals surface area contributed by atoms with E-state index in [0.29, 0.717) is 18.4 Å². The molecule has 0 saturated carbocycles. The van der Waals surface area contributed by atoms with Crippen LogP contribution in [0.5, 0.6) is 0 Å². The molecule has 0 bridgehead atoms. The number of carbonyl (C=O) groups is 1. The topological polar surface area (TPSA) is 86.1 Å². The summed E-state index contributed by atoms with van der Waals surface area (Å²) in [6, 6.07) is 1.79. The van der Waals surface area contributed by atoms with Crippen LogP contribution >= 0.6 is 0 Å². The lowest BCUT2D eigenvalue weighted by atomic mass is 9.90. The number of nitrogens with one attached hydrogen (secondary N) is 1. The van der Waals surface area contributed by atoms with Gasteiger partial charge in [0.1, 0.15) is 0 Å². The van der Waals surface area contributed by atoms with Gasteiger partial charge in [-0.05, 0) is 65.5 Å². The van der Waals surface area contributed by atoms with Crippen molar-refractivity contribution in [1.29, 1.82) is 0 Å². The van der Waals surface area contributed by atoms with Crippen molar-refractivity contribution in [2.24, 2.45) is 5.92 Å². The zero-order valence-corrected chi connectivity index (χ0v) is 19.7. The van der Waals surface area contributed by atoms with Crippen molar-refractivity contribution in [2.45, 2.75) is 77.0 Å². The predicted molar refractivity (Wildman–Crippen MR) is 118 cm³/mol.